The van der Waals surface area contributed by atoms with Crippen molar-refractivity contribution in [3.05, 3.63) is 63.0 Å². The average Bonchev–Trinajstić information content (AvgIpc) is 2.49. The summed E-state index contributed by atoms with van der Waals surface area (Å²) < 4.78 is 7.77. The molecule has 3 aromatic rings. The fourth-order valence-corrected chi connectivity index (χ4v) is 3.17. The highest BCUT2D eigenvalue weighted by Crippen LogP contribution is 2.33. The molecular weight excluding hydrogens is 396 g/mol. The molecule has 0 saturated heterocycles. The van der Waals surface area contributed by atoms with E-state index in [1.165, 1.54) is 0 Å². The van der Waals surface area contributed by atoms with Gasteiger partial charge >= 0.3 is 0 Å². The number of para-hydroxylation sites is 1. The van der Waals surface area contributed by atoms with Gasteiger partial charge in [0.05, 0.1) is 9.99 Å². The fraction of sp³-hybridized carbons (Fsp3) is 0.0625. The topological polar surface area (TPSA) is 48.1 Å². The zero-order chi connectivity index (χ0) is 14.8. The molecule has 0 spiro atoms. The van der Waals surface area contributed by atoms with Crippen molar-refractivity contribution in [3.63, 3.8) is 0 Å². The Bertz CT molecular complexity index is 805. The molecule has 0 aliphatic heterocycles. The molecule has 21 heavy (non-hydrogen) atoms. The molecule has 2 N–H and O–H groups in total. The maximum Gasteiger partial charge on any atom is 0.224 e. The molecule has 3 nitrogen and oxygen atoms in total. The molecule has 0 atom stereocenters. The molecule has 0 bridgehead atoms. The number of benzene rings is 2. The number of hydrogen-bond donors (Lipinski definition) is 1. The van der Waals surface area contributed by atoms with Gasteiger partial charge in [-0.3, -0.25) is 0 Å². The lowest BCUT2D eigenvalue weighted by Crippen LogP contribution is -2.02. The van der Waals surface area contributed by atoms with Gasteiger partial charge in [0.1, 0.15) is 5.75 Å². The zero-order valence-electron chi connectivity index (χ0n) is 11.0. The van der Waals surface area contributed by atoms with Crippen LogP contribution in [-0.4, -0.2) is 4.98 Å². The van der Waals surface area contributed by atoms with Gasteiger partial charge in [-0.15, -0.1) is 0 Å². The molecule has 106 valence electrons. The van der Waals surface area contributed by atoms with Gasteiger partial charge in [-0.25, -0.2) is 4.98 Å². The Kier molecular flexibility index (Phi) is 4.24. The van der Waals surface area contributed by atoms with Crippen molar-refractivity contribution in [2.45, 2.75) is 6.54 Å². The molecule has 0 fully saturated rings. The van der Waals surface area contributed by atoms with Crippen molar-refractivity contribution in [2.24, 2.45) is 5.73 Å². The van der Waals surface area contributed by atoms with Gasteiger partial charge in [0.15, 0.2) is 0 Å². The standard InChI is InChI=1S/C16H12Br2N2O/c17-12-5-6-15(13(18)8-12)21-16-11(9-19)7-10-3-1-2-4-14(10)20-16/h1-8H,9,19H2. The number of pyridine rings is 1. The van der Waals surface area contributed by atoms with Crippen molar-refractivity contribution in [1.29, 1.82) is 0 Å². The van der Waals surface area contributed by atoms with E-state index < -0.39 is 0 Å². The van der Waals surface area contributed by atoms with Crippen LogP contribution in [0.25, 0.3) is 10.9 Å². The van der Waals surface area contributed by atoms with Crippen LogP contribution in [0.3, 0.4) is 0 Å². The van der Waals surface area contributed by atoms with Crippen LogP contribution in [0.1, 0.15) is 5.56 Å². The Labute approximate surface area is 139 Å². The quantitative estimate of drug-likeness (QED) is 0.663. The van der Waals surface area contributed by atoms with Crippen LogP contribution in [-0.2, 0) is 6.54 Å². The third kappa shape index (κ3) is 3.10. The SMILES string of the molecule is NCc1cc2ccccc2nc1Oc1ccc(Br)cc1Br. The number of nitrogens with two attached hydrogens (primary N) is 1. The van der Waals surface area contributed by atoms with Crippen molar-refractivity contribution in [3.8, 4) is 11.6 Å². The predicted molar refractivity (Wildman–Crippen MR) is 91.6 cm³/mol. The molecule has 2 aromatic carbocycles. The Morgan fingerprint density at radius 1 is 1.05 bits per heavy atom. The number of aromatic nitrogens is 1. The van der Waals surface area contributed by atoms with E-state index >= 15 is 0 Å². The molecule has 1 aromatic heterocycles. The molecule has 3 rings (SSSR count). The first kappa shape index (κ1) is 14.5. The van der Waals surface area contributed by atoms with Crippen LogP contribution in [0.4, 0.5) is 0 Å². The van der Waals surface area contributed by atoms with Crippen molar-refractivity contribution in [2.75, 3.05) is 0 Å². The van der Waals surface area contributed by atoms with Crippen molar-refractivity contribution in [1.82, 2.24) is 4.98 Å². The number of hydrogen-bond acceptors (Lipinski definition) is 3. The molecule has 0 amide bonds. The summed E-state index contributed by atoms with van der Waals surface area (Å²) in [6.07, 6.45) is 0. The highest BCUT2D eigenvalue weighted by atomic mass is 79.9. The van der Waals surface area contributed by atoms with E-state index in [9.17, 15) is 0 Å². The smallest absolute Gasteiger partial charge is 0.224 e. The van der Waals surface area contributed by atoms with Crippen molar-refractivity contribution < 1.29 is 4.74 Å². The lowest BCUT2D eigenvalue weighted by Gasteiger charge is -2.12. The molecule has 0 radical (unpaired) electrons. The minimum absolute atomic E-state index is 0.376. The summed E-state index contributed by atoms with van der Waals surface area (Å²) in [5.74, 6) is 1.25. The van der Waals surface area contributed by atoms with Crippen LogP contribution >= 0.6 is 31.9 Å². The first-order valence-corrected chi connectivity index (χ1v) is 7.97. The zero-order valence-corrected chi connectivity index (χ0v) is 14.2. The molecule has 0 aliphatic rings. The van der Waals surface area contributed by atoms with Crippen LogP contribution in [0, 0.1) is 0 Å². The fourth-order valence-electron chi connectivity index (χ4n) is 2.04. The molecule has 1 heterocycles. The molecule has 0 unspecified atom stereocenters. The maximum atomic E-state index is 5.94. The highest BCUT2D eigenvalue weighted by molar-refractivity contribution is 9.11. The van der Waals surface area contributed by atoms with E-state index in [0.29, 0.717) is 18.2 Å². The number of fused-ring (bicyclic) bond motifs is 1. The summed E-state index contributed by atoms with van der Waals surface area (Å²) in [4.78, 5) is 4.57. The van der Waals surface area contributed by atoms with E-state index in [-0.39, 0.29) is 0 Å². The van der Waals surface area contributed by atoms with Crippen LogP contribution in [0.5, 0.6) is 11.6 Å². The van der Waals surface area contributed by atoms with Crippen LogP contribution < -0.4 is 10.5 Å². The molecule has 0 aliphatic carbocycles. The van der Waals surface area contributed by atoms with Crippen LogP contribution in [0.2, 0.25) is 0 Å². The van der Waals surface area contributed by atoms with Gasteiger partial charge in [-0.05, 0) is 46.3 Å². The van der Waals surface area contributed by atoms with Gasteiger partial charge in [-0.2, -0.15) is 0 Å². The summed E-state index contributed by atoms with van der Waals surface area (Å²) >= 11 is 6.91. The Morgan fingerprint density at radius 2 is 1.86 bits per heavy atom. The Morgan fingerprint density at radius 3 is 2.62 bits per heavy atom. The monoisotopic (exact) mass is 406 g/mol. The number of nitrogens with zero attached hydrogens (tertiary/aromatic N) is 1. The van der Waals surface area contributed by atoms with Crippen LogP contribution in [0.15, 0.2) is 57.5 Å². The lowest BCUT2D eigenvalue weighted by molar-refractivity contribution is 0.456. The van der Waals surface area contributed by atoms with E-state index in [2.05, 4.69) is 36.8 Å². The number of ether oxygens (including phenoxy) is 1. The minimum Gasteiger partial charge on any atom is -0.437 e. The summed E-state index contributed by atoms with van der Waals surface area (Å²) in [5, 5.41) is 1.06. The van der Waals surface area contributed by atoms with E-state index in [1.54, 1.807) is 0 Å². The normalized spacial score (nSPS) is 10.8. The van der Waals surface area contributed by atoms with Gasteiger partial charge < -0.3 is 10.5 Å². The second-order valence-corrected chi connectivity index (χ2v) is 6.30. The van der Waals surface area contributed by atoms with Gasteiger partial charge in [0.2, 0.25) is 5.88 Å². The van der Waals surface area contributed by atoms with E-state index in [4.69, 9.17) is 10.5 Å². The van der Waals surface area contributed by atoms with E-state index in [1.807, 2.05) is 48.5 Å². The number of halogens is 2. The molecule has 0 saturated carbocycles. The molecule has 5 heteroatoms. The van der Waals surface area contributed by atoms with Gasteiger partial charge in [-0.1, -0.05) is 34.1 Å². The third-order valence-electron chi connectivity index (χ3n) is 3.08. The van der Waals surface area contributed by atoms with Gasteiger partial charge in [0.25, 0.3) is 0 Å². The number of rotatable bonds is 3. The summed E-state index contributed by atoms with van der Waals surface area (Å²) in [6, 6.07) is 15.7. The minimum atomic E-state index is 0.376. The highest BCUT2D eigenvalue weighted by Gasteiger charge is 2.10. The van der Waals surface area contributed by atoms with E-state index in [0.717, 1.165) is 25.4 Å². The summed E-state index contributed by atoms with van der Waals surface area (Å²) in [6.45, 7) is 0.376. The Hall–Kier alpha value is -1.43. The lowest BCUT2D eigenvalue weighted by atomic mass is 10.1. The Balaban J connectivity index is 2.06. The second-order valence-electron chi connectivity index (χ2n) is 4.53. The first-order valence-electron chi connectivity index (χ1n) is 6.39. The van der Waals surface area contributed by atoms with Gasteiger partial charge in [0, 0.05) is 22.0 Å². The maximum absolute atomic E-state index is 5.94. The summed E-state index contributed by atoms with van der Waals surface area (Å²) in [7, 11) is 0. The van der Waals surface area contributed by atoms with Crippen molar-refractivity contribution >= 4 is 42.8 Å². The average molecular weight is 408 g/mol. The second kappa shape index (κ2) is 6.13. The first-order chi connectivity index (χ1) is 10.2. The molecular formula is C16H12Br2N2O. The summed E-state index contributed by atoms with van der Waals surface area (Å²) in [5.41, 5.74) is 7.58. The predicted octanol–water partition coefficient (Wildman–Crippen LogP) is 5.01. The largest absolute Gasteiger partial charge is 0.437 e. The third-order valence-corrected chi connectivity index (χ3v) is 4.20.